The molecule has 0 aromatic carbocycles. The van der Waals surface area contributed by atoms with Gasteiger partial charge >= 0.3 is 6.03 Å². The molecule has 0 aromatic rings. The van der Waals surface area contributed by atoms with Crippen molar-refractivity contribution in [1.29, 1.82) is 0 Å². The number of hydrogen-bond acceptors (Lipinski definition) is 1. The summed E-state index contributed by atoms with van der Waals surface area (Å²) in [7, 11) is 0. The monoisotopic (exact) mass is 252 g/mol. The van der Waals surface area contributed by atoms with Gasteiger partial charge in [-0.05, 0) is 38.5 Å². The number of carbonyl (C=O) groups excluding carboxylic acids is 1. The van der Waals surface area contributed by atoms with Crippen LogP contribution in [0.3, 0.4) is 0 Å². The molecule has 2 aliphatic rings. The summed E-state index contributed by atoms with van der Waals surface area (Å²) in [6, 6.07) is 0.812. The second-order valence-corrected chi connectivity index (χ2v) is 6.03. The third kappa shape index (κ3) is 3.18. The summed E-state index contributed by atoms with van der Waals surface area (Å²) in [5.41, 5.74) is 0. The van der Waals surface area contributed by atoms with Gasteiger partial charge < -0.3 is 9.80 Å². The highest BCUT2D eigenvalue weighted by Gasteiger charge is 2.29. The molecule has 1 heterocycles. The highest BCUT2D eigenvalue weighted by atomic mass is 16.2. The topological polar surface area (TPSA) is 23.6 Å². The minimum atomic E-state index is 0.302. The number of hydrogen-bond donors (Lipinski definition) is 0. The van der Waals surface area contributed by atoms with Crippen LogP contribution in [0.4, 0.5) is 4.79 Å². The number of piperidine rings is 1. The maximum atomic E-state index is 12.6. The van der Waals surface area contributed by atoms with E-state index in [9.17, 15) is 4.79 Å². The zero-order chi connectivity index (χ0) is 13.0. The van der Waals surface area contributed by atoms with Crippen molar-refractivity contribution in [2.75, 3.05) is 19.6 Å². The van der Waals surface area contributed by atoms with Crippen molar-refractivity contribution in [2.24, 2.45) is 5.92 Å². The number of nitrogens with zero attached hydrogens (tertiary/aromatic N) is 2. The van der Waals surface area contributed by atoms with Gasteiger partial charge in [-0.15, -0.1) is 0 Å². The van der Waals surface area contributed by atoms with Crippen molar-refractivity contribution in [2.45, 2.75) is 64.8 Å². The first-order chi connectivity index (χ1) is 8.72. The second-order valence-electron chi connectivity index (χ2n) is 6.03. The SMILES string of the molecule is CCN(C(=O)N1CCC(C)CC1)C1CCCCC1. The second kappa shape index (κ2) is 6.44. The summed E-state index contributed by atoms with van der Waals surface area (Å²) in [6.45, 7) is 7.21. The van der Waals surface area contributed by atoms with Gasteiger partial charge in [0, 0.05) is 25.7 Å². The lowest BCUT2D eigenvalue weighted by atomic mass is 9.94. The van der Waals surface area contributed by atoms with Crippen LogP contribution in [-0.2, 0) is 0 Å². The molecule has 0 aromatic heterocycles. The van der Waals surface area contributed by atoms with Crippen molar-refractivity contribution in [3.8, 4) is 0 Å². The molecule has 0 unspecified atom stereocenters. The van der Waals surface area contributed by atoms with Crippen molar-refractivity contribution >= 4 is 6.03 Å². The van der Waals surface area contributed by atoms with E-state index < -0.39 is 0 Å². The zero-order valence-corrected chi connectivity index (χ0v) is 12.0. The molecule has 3 heteroatoms. The fourth-order valence-electron chi connectivity index (χ4n) is 3.32. The molecule has 104 valence electrons. The molecule has 2 rings (SSSR count). The van der Waals surface area contributed by atoms with E-state index in [1.807, 2.05) is 0 Å². The molecule has 0 atom stereocenters. The van der Waals surface area contributed by atoms with Gasteiger partial charge in [0.25, 0.3) is 0 Å². The number of urea groups is 1. The van der Waals surface area contributed by atoms with E-state index >= 15 is 0 Å². The van der Waals surface area contributed by atoms with Crippen LogP contribution in [-0.4, -0.2) is 41.5 Å². The standard InChI is InChI=1S/C15H28N2O/c1-3-17(14-7-5-4-6-8-14)15(18)16-11-9-13(2)10-12-16/h13-14H,3-12H2,1-2H3. The van der Waals surface area contributed by atoms with Gasteiger partial charge in [0.05, 0.1) is 0 Å². The van der Waals surface area contributed by atoms with Crippen LogP contribution in [0, 0.1) is 5.92 Å². The molecular weight excluding hydrogens is 224 g/mol. The van der Waals surface area contributed by atoms with Gasteiger partial charge in [0.15, 0.2) is 0 Å². The largest absolute Gasteiger partial charge is 0.325 e. The first-order valence-corrected chi connectivity index (χ1v) is 7.78. The minimum absolute atomic E-state index is 0.302. The molecule has 18 heavy (non-hydrogen) atoms. The van der Waals surface area contributed by atoms with Crippen molar-refractivity contribution in [3.63, 3.8) is 0 Å². The lowest BCUT2D eigenvalue weighted by Crippen LogP contribution is -2.50. The number of likely N-dealkylation sites (tertiary alicyclic amines) is 1. The molecule has 2 fully saturated rings. The first-order valence-electron chi connectivity index (χ1n) is 7.78. The van der Waals surface area contributed by atoms with E-state index in [4.69, 9.17) is 0 Å². The van der Waals surface area contributed by atoms with E-state index in [1.54, 1.807) is 0 Å². The van der Waals surface area contributed by atoms with Crippen LogP contribution < -0.4 is 0 Å². The Balaban J connectivity index is 1.92. The predicted molar refractivity (Wildman–Crippen MR) is 74.6 cm³/mol. The average molecular weight is 252 g/mol. The lowest BCUT2D eigenvalue weighted by Gasteiger charge is -2.39. The molecule has 1 aliphatic carbocycles. The van der Waals surface area contributed by atoms with Gasteiger partial charge in [-0.3, -0.25) is 0 Å². The first kappa shape index (κ1) is 13.7. The molecule has 3 nitrogen and oxygen atoms in total. The summed E-state index contributed by atoms with van der Waals surface area (Å²) >= 11 is 0. The molecular formula is C15H28N2O. The third-order valence-electron chi connectivity index (χ3n) is 4.66. The molecule has 1 aliphatic heterocycles. The Hall–Kier alpha value is -0.730. The Kier molecular flexibility index (Phi) is 4.90. The Morgan fingerprint density at radius 3 is 2.28 bits per heavy atom. The molecule has 0 radical (unpaired) electrons. The van der Waals surface area contributed by atoms with Crippen molar-refractivity contribution in [3.05, 3.63) is 0 Å². The highest BCUT2D eigenvalue weighted by Crippen LogP contribution is 2.25. The van der Waals surface area contributed by atoms with Crippen LogP contribution >= 0.6 is 0 Å². The molecule has 1 saturated carbocycles. The van der Waals surface area contributed by atoms with E-state index in [0.717, 1.165) is 25.6 Å². The summed E-state index contributed by atoms with van der Waals surface area (Å²) < 4.78 is 0. The van der Waals surface area contributed by atoms with Crippen LogP contribution in [0.2, 0.25) is 0 Å². The number of amides is 2. The Bertz CT molecular complexity index is 266. The minimum Gasteiger partial charge on any atom is -0.325 e. The number of carbonyl (C=O) groups is 1. The molecule has 0 N–H and O–H groups in total. The van der Waals surface area contributed by atoms with Gasteiger partial charge in [0.1, 0.15) is 0 Å². The molecule has 0 spiro atoms. The average Bonchev–Trinajstić information content (AvgIpc) is 2.41. The third-order valence-corrected chi connectivity index (χ3v) is 4.66. The van der Waals surface area contributed by atoms with E-state index in [2.05, 4.69) is 23.6 Å². The Morgan fingerprint density at radius 1 is 1.11 bits per heavy atom. The van der Waals surface area contributed by atoms with Gasteiger partial charge in [0.2, 0.25) is 0 Å². The summed E-state index contributed by atoms with van der Waals surface area (Å²) in [5.74, 6) is 0.791. The Labute approximate surface area is 112 Å². The number of rotatable bonds is 2. The smallest absolute Gasteiger partial charge is 0.320 e. The summed E-state index contributed by atoms with van der Waals surface area (Å²) in [5, 5.41) is 0. The maximum absolute atomic E-state index is 12.6. The predicted octanol–water partition coefficient (Wildman–Crippen LogP) is 3.49. The van der Waals surface area contributed by atoms with E-state index in [-0.39, 0.29) is 0 Å². The zero-order valence-electron chi connectivity index (χ0n) is 12.0. The maximum Gasteiger partial charge on any atom is 0.320 e. The van der Waals surface area contributed by atoms with Crippen molar-refractivity contribution < 1.29 is 4.79 Å². The normalized spacial score (nSPS) is 23.1. The van der Waals surface area contributed by atoms with Crippen LogP contribution in [0.1, 0.15) is 58.8 Å². The van der Waals surface area contributed by atoms with Gasteiger partial charge in [-0.25, -0.2) is 4.79 Å². The molecule has 2 amide bonds. The molecule has 1 saturated heterocycles. The van der Waals surface area contributed by atoms with Gasteiger partial charge in [-0.2, -0.15) is 0 Å². The Morgan fingerprint density at radius 2 is 1.72 bits per heavy atom. The van der Waals surface area contributed by atoms with E-state index in [0.29, 0.717) is 12.1 Å². The fourth-order valence-corrected chi connectivity index (χ4v) is 3.32. The quantitative estimate of drug-likeness (QED) is 0.738. The van der Waals surface area contributed by atoms with Crippen LogP contribution in [0.25, 0.3) is 0 Å². The summed E-state index contributed by atoms with van der Waals surface area (Å²) in [4.78, 5) is 16.8. The summed E-state index contributed by atoms with van der Waals surface area (Å²) in [6.07, 6.45) is 8.72. The van der Waals surface area contributed by atoms with E-state index in [1.165, 1.54) is 44.9 Å². The van der Waals surface area contributed by atoms with Gasteiger partial charge in [-0.1, -0.05) is 26.2 Å². The van der Waals surface area contributed by atoms with Crippen molar-refractivity contribution in [1.82, 2.24) is 9.80 Å². The highest BCUT2D eigenvalue weighted by molar-refractivity contribution is 5.75. The molecule has 0 bridgehead atoms. The lowest BCUT2D eigenvalue weighted by molar-refractivity contribution is 0.109. The van der Waals surface area contributed by atoms with Crippen LogP contribution in [0.15, 0.2) is 0 Å². The van der Waals surface area contributed by atoms with Crippen LogP contribution in [0.5, 0.6) is 0 Å². The fraction of sp³-hybridized carbons (Fsp3) is 0.933.